The molecule has 0 aliphatic heterocycles. The van der Waals surface area contributed by atoms with Gasteiger partial charge in [0.2, 0.25) is 0 Å². The minimum Gasteiger partial charge on any atom is -0.440 e. The minimum absolute atomic E-state index is 0.0909. The number of ether oxygens (including phenoxy) is 1. The third-order valence-corrected chi connectivity index (χ3v) is 4.30. The van der Waals surface area contributed by atoms with Gasteiger partial charge in [-0.1, -0.05) is 0 Å². The maximum atomic E-state index is 12.2. The fourth-order valence-corrected chi connectivity index (χ4v) is 2.77. The van der Waals surface area contributed by atoms with E-state index < -0.39 is 0 Å². The first-order valence-electron chi connectivity index (χ1n) is 8.65. The molecule has 2 heterocycles. The van der Waals surface area contributed by atoms with Crippen molar-refractivity contribution in [3.05, 3.63) is 36.4 Å². The van der Waals surface area contributed by atoms with E-state index in [1.54, 1.807) is 36.2 Å². The molecular formula is C18H21N5O3. The van der Waals surface area contributed by atoms with Gasteiger partial charge in [0.05, 0.1) is 12.6 Å². The molecule has 26 heavy (non-hydrogen) atoms. The number of amides is 2. The maximum Gasteiger partial charge on any atom is 0.324 e. The van der Waals surface area contributed by atoms with Crippen molar-refractivity contribution in [1.29, 1.82) is 0 Å². The number of nitrogens with zero attached hydrogens (tertiary/aromatic N) is 3. The SMILES string of the molecule is COCC(C)n1ccc(NC(=O)Nc2ccc3nc(C4CC4)oc3c2)n1. The van der Waals surface area contributed by atoms with Gasteiger partial charge in [-0.2, -0.15) is 5.10 Å². The molecule has 1 aromatic carbocycles. The van der Waals surface area contributed by atoms with E-state index in [1.807, 2.05) is 13.0 Å². The number of aromatic nitrogens is 3. The Morgan fingerprint density at radius 1 is 1.38 bits per heavy atom. The summed E-state index contributed by atoms with van der Waals surface area (Å²) in [5.74, 6) is 1.72. The molecule has 4 rings (SSSR count). The molecule has 2 N–H and O–H groups in total. The van der Waals surface area contributed by atoms with Crippen LogP contribution in [-0.2, 0) is 4.74 Å². The van der Waals surface area contributed by atoms with Crippen LogP contribution in [0.4, 0.5) is 16.3 Å². The zero-order chi connectivity index (χ0) is 18.1. The number of nitrogens with one attached hydrogen (secondary N) is 2. The fraction of sp³-hybridized carbons (Fsp3) is 0.389. The minimum atomic E-state index is -0.365. The van der Waals surface area contributed by atoms with Gasteiger partial charge in [0.1, 0.15) is 5.52 Å². The number of urea groups is 1. The summed E-state index contributed by atoms with van der Waals surface area (Å²) in [5.41, 5.74) is 2.13. The van der Waals surface area contributed by atoms with Crippen molar-refractivity contribution in [2.75, 3.05) is 24.4 Å². The molecule has 1 atom stereocenters. The second-order valence-corrected chi connectivity index (χ2v) is 6.57. The number of methoxy groups -OCH3 is 1. The van der Waals surface area contributed by atoms with E-state index in [9.17, 15) is 4.79 Å². The van der Waals surface area contributed by atoms with E-state index in [0.29, 0.717) is 29.6 Å². The normalized spacial score (nSPS) is 15.2. The summed E-state index contributed by atoms with van der Waals surface area (Å²) in [7, 11) is 1.64. The number of oxazole rings is 1. The quantitative estimate of drug-likeness (QED) is 0.702. The molecular weight excluding hydrogens is 334 g/mol. The van der Waals surface area contributed by atoms with Crippen LogP contribution in [0.25, 0.3) is 11.1 Å². The Morgan fingerprint density at radius 2 is 2.23 bits per heavy atom. The van der Waals surface area contributed by atoms with Crippen molar-refractivity contribution in [2.45, 2.75) is 31.7 Å². The van der Waals surface area contributed by atoms with Crippen molar-refractivity contribution in [3.8, 4) is 0 Å². The van der Waals surface area contributed by atoms with Gasteiger partial charge in [0.25, 0.3) is 0 Å². The lowest BCUT2D eigenvalue weighted by atomic mass is 10.3. The molecule has 1 aliphatic carbocycles. The second-order valence-electron chi connectivity index (χ2n) is 6.57. The Morgan fingerprint density at radius 3 is 3.00 bits per heavy atom. The zero-order valence-electron chi connectivity index (χ0n) is 14.7. The van der Waals surface area contributed by atoms with Crippen molar-refractivity contribution in [3.63, 3.8) is 0 Å². The molecule has 0 saturated heterocycles. The van der Waals surface area contributed by atoms with E-state index in [2.05, 4.69) is 20.7 Å². The second kappa shape index (κ2) is 6.80. The van der Waals surface area contributed by atoms with Gasteiger partial charge < -0.3 is 14.5 Å². The number of carbonyl (C=O) groups excluding carboxylic acids is 1. The van der Waals surface area contributed by atoms with E-state index in [0.717, 1.165) is 24.2 Å². The molecule has 2 aromatic heterocycles. The third-order valence-electron chi connectivity index (χ3n) is 4.30. The number of anilines is 2. The van der Waals surface area contributed by atoms with E-state index >= 15 is 0 Å². The molecule has 8 nitrogen and oxygen atoms in total. The smallest absolute Gasteiger partial charge is 0.324 e. The van der Waals surface area contributed by atoms with Crippen LogP contribution >= 0.6 is 0 Å². The average molecular weight is 355 g/mol. The van der Waals surface area contributed by atoms with Gasteiger partial charge in [-0.15, -0.1) is 0 Å². The molecule has 1 fully saturated rings. The average Bonchev–Trinajstić information content (AvgIpc) is 3.21. The van der Waals surface area contributed by atoms with Gasteiger partial charge in [-0.25, -0.2) is 9.78 Å². The first-order chi connectivity index (χ1) is 12.6. The van der Waals surface area contributed by atoms with Crippen LogP contribution in [0.1, 0.15) is 37.6 Å². The predicted molar refractivity (Wildman–Crippen MR) is 97.4 cm³/mol. The van der Waals surface area contributed by atoms with Gasteiger partial charge >= 0.3 is 6.03 Å². The highest BCUT2D eigenvalue weighted by Crippen LogP contribution is 2.40. The number of hydrogen-bond acceptors (Lipinski definition) is 5. The third kappa shape index (κ3) is 3.55. The van der Waals surface area contributed by atoms with Gasteiger partial charge in [-0.05, 0) is 31.9 Å². The highest BCUT2D eigenvalue weighted by Gasteiger charge is 2.28. The van der Waals surface area contributed by atoms with Crippen molar-refractivity contribution < 1.29 is 13.9 Å². The Labute approximate surface area is 150 Å². The molecule has 0 spiro atoms. The largest absolute Gasteiger partial charge is 0.440 e. The Kier molecular flexibility index (Phi) is 4.34. The summed E-state index contributed by atoms with van der Waals surface area (Å²) in [6.45, 7) is 2.54. The molecule has 1 aliphatic rings. The molecule has 3 aromatic rings. The van der Waals surface area contributed by atoms with Crippen LogP contribution in [0.3, 0.4) is 0 Å². The summed E-state index contributed by atoms with van der Waals surface area (Å²) in [4.78, 5) is 16.7. The van der Waals surface area contributed by atoms with E-state index in [1.165, 1.54) is 0 Å². The van der Waals surface area contributed by atoms with Crippen LogP contribution in [0.2, 0.25) is 0 Å². The number of benzene rings is 1. The first-order valence-corrected chi connectivity index (χ1v) is 8.65. The summed E-state index contributed by atoms with van der Waals surface area (Å²) in [5, 5.41) is 9.83. The molecule has 0 radical (unpaired) electrons. The first kappa shape index (κ1) is 16.6. The van der Waals surface area contributed by atoms with Gasteiger partial charge in [-0.3, -0.25) is 10.00 Å². The van der Waals surface area contributed by atoms with E-state index in [-0.39, 0.29) is 12.1 Å². The van der Waals surface area contributed by atoms with E-state index in [4.69, 9.17) is 9.15 Å². The summed E-state index contributed by atoms with van der Waals surface area (Å²) in [6, 6.07) is 6.91. The number of rotatable bonds is 6. The number of fused-ring (bicyclic) bond motifs is 1. The van der Waals surface area contributed by atoms with Crippen LogP contribution in [0, 0.1) is 0 Å². The number of carbonyl (C=O) groups is 1. The maximum absolute atomic E-state index is 12.2. The Bertz CT molecular complexity index is 928. The topological polar surface area (TPSA) is 94.2 Å². The standard InChI is InChI=1S/C18H21N5O3/c1-11(10-25-2)23-8-7-16(22-23)21-18(24)19-13-5-6-14-15(9-13)26-17(20-14)12-3-4-12/h5-9,11-12H,3-4,10H2,1-2H3,(H2,19,21,22,24). The van der Waals surface area contributed by atoms with Crippen molar-refractivity contribution in [1.82, 2.24) is 14.8 Å². The summed E-state index contributed by atoms with van der Waals surface area (Å²) in [6.07, 6.45) is 4.07. The van der Waals surface area contributed by atoms with Gasteiger partial charge in [0.15, 0.2) is 17.3 Å². The highest BCUT2D eigenvalue weighted by molar-refractivity contribution is 6.00. The van der Waals surface area contributed by atoms with Crippen LogP contribution in [0.5, 0.6) is 0 Å². The molecule has 0 bridgehead atoms. The summed E-state index contributed by atoms with van der Waals surface area (Å²) < 4.78 is 12.6. The van der Waals surface area contributed by atoms with Gasteiger partial charge in [0, 0.05) is 37.0 Å². The predicted octanol–water partition coefficient (Wildman–Crippen LogP) is 3.75. The zero-order valence-corrected chi connectivity index (χ0v) is 14.7. The van der Waals surface area contributed by atoms with Crippen molar-refractivity contribution >= 4 is 28.6 Å². The molecule has 1 unspecified atom stereocenters. The lowest BCUT2D eigenvalue weighted by Gasteiger charge is -2.10. The highest BCUT2D eigenvalue weighted by atomic mass is 16.5. The van der Waals surface area contributed by atoms with Crippen LogP contribution < -0.4 is 10.6 Å². The fourth-order valence-electron chi connectivity index (χ4n) is 2.77. The molecule has 2 amide bonds. The molecule has 8 heteroatoms. The Hall–Kier alpha value is -2.87. The van der Waals surface area contributed by atoms with Crippen LogP contribution in [0.15, 0.2) is 34.9 Å². The summed E-state index contributed by atoms with van der Waals surface area (Å²) >= 11 is 0. The number of hydrogen-bond donors (Lipinski definition) is 2. The lowest BCUT2D eigenvalue weighted by Crippen LogP contribution is -2.20. The molecule has 136 valence electrons. The van der Waals surface area contributed by atoms with Crippen LogP contribution in [-0.4, -0.2) is 34.5 Å². The monoisotopic (exact) mass is 355 g/mol. The molecule has 1 saturated carbocycles. The Balaban J connectivity index is 1.40. The lowest BCUT2D eigenvalue weighted by molar-refractivity contribution is 0.157. The van der Waals surface area contributed by atoms with Crippen molar-refractivity contribution in [2.24, 2.45) is 0 Å².